The van der Waals surface area contributed by atoms with E-state index in [1.807, 2.05) is 3.88 Å². The summed E-state index contributed by atoms with van der Waals surface area (Å²) in [6.07, 6.45) is 8.53. The van der Waals surface area contributed by atoms with Gasteiger partial charge in [0.1, 0.15) is 0 Å². The average molecular weight is 371 g/mol. The van der Waals surface area contributed by atoms with Crippen LogP contribution in [0.4, 0.5) is 0 Å². The first kappa shape index (κ1) is 22.1. The first-order chi connectivity index (χ1) is 11.6. The fraction of sp³-hybridized carbons (Fsp3) is 0.800. The fourth-order valence-corrected chi connectivity index (χ4v) is 14.0. The Morgan fingerprint density at radius 1 is 0.750 bits per heavy atom. The molecule has 0 saturated heterocycles. The second kappa shape index (κ2) is 10.9. The van der Waals surface area contributed by atoms with E-state index >= 15 is 0 Å². The first-order valence-electron chi connectivity index (χ1n) is 10.3. The molecule has 0 unspecified atom stereocenters. The zero-order chi connectivity index (χ0) is 18.2. The van der Waals surface area contributed by atoms with Gasteiger partial charge < -0.3 is 0 Å². The third kappa shape index (κ3) is 4.07. The van der Waals surface area contributed by atoms with Gasteiger partial charge in [0.25, 0.3) is 0 Å². The zero-order valence-corrected chi connectivity index (χ0v) is 18.9. The Morgan fingerprint density at radius 3 is 1.50 bits per heavy atom. The van der Waals surface area contributed by atoms with Gasteiger partial charge in [-0.15, -0.1) is 0 Å². The first-order valence-corrected chi connectivity index (χ1v) is 13.1. The van der Waals surface area contributed by atoms with Crippen molar-refractivity contribution < 1.29 is 17.4 Å². The Kier molecular flexibility index (Phi) is 10.1. The molecule has 0 N–H and O–H groups in total. The van der Waals surface area contributed by atoms with Crippen molar-refractivity contribution in [1.29, 1.82) is 0 Å². The zero-order valence-electron chi connectivity index (χ0n) is 17.4. The van der Waals surface area contributed by atoms with E-state index in [9.17, 15) is 0 Å². The summed E-state index contributed by atoms with van der Waals surface area (Å²) in [5.74, 6) is 0. The van der Waals surface area contributed by atoms with Crippen molar-refractivity contribution in [3.63, 3.8) is 0 Å². The molecule has 0 atom stereocenters. The van der Waals surface area contributed by atoms with Crippen LogP contribution in [0.3, 0.4) is 0 Å². The molecular weight excluding hydrogens is 330 g/mol. The van der Waals surface area contributed by atoms with Gasteiger partial charge in [-0.1, -0.05) is 0 Å². The monoisotopic (exact) mass is 371 g/mol. The summed E-state index contributed by atoms with van der Waals surface area (Å²) in [4.78, 5) is 0. The van der Waals surface area contributed by atoms with Crippen molar-refractivity contribution >= 4 is 0 Å². The summed E-state index contributed by atoms with van der Waals surface area (Å²) >= 11 is -2.72. The molecule has 3 nitrogen and oxygen atoms in total. The molecule has 0 bridgehead atoms. The van der Waals surface area contributed by atoms with Gasteiger partial charge in [0.2, 0.25) is 0 Å². The maximum atomic E-state index is 2.87. The van der Waals surface area contributed by atoms with Crippen LogP contribution < -0.4 is 0 Å². The molecule has 0 radical (unpaired) electrons. The molecule has 0 spiro atoms. The Labute approximate surface area is 156 Å². The standard InChI is InChI=1S/C8H11.3C4H10N.Ti/c1-2-5-8-6-3-4-7-8;3*1-3-5-4-2;/h3,6H,2,4-5H2,1H3;3*3-4H2,1-2H3;/q;3*-1;+3. The van der Waals surface area contributed by atoms with Crippen molar-refractivity contribution in [3.05, 3.63) is 21.6 Å². The Balaban J connectivity index is 3.65. The average Bonchev–Trinajstić information content (AvgIpc) is 3.06. The van der Waals surface area contributed by atoms with Crippen molar-refractivity contribution in [2.45, 2.75) is 67.7 Å². The normalized spacial score (nSPS) is 15.6. The van der Waals surface area contributed by atoms with E-state index in [1.165, 1.54) is 19.3 Å². The minimum atomic E-state index is -2.72. The van der Waals surface area contributed by atoms with E-state index in [0.29, 0.717) is 0 Å². The van der Waals surface area contributed by atoms with E-state index in [4.69, 9.17) is 0 Å². The molecule has 1 aliphatic carbocycles. The number of hydrogen-bond acceptors (Lipinski definition) is 3. The molecule has 0 fully saturated rings. The number of nitrogens with zero attached hydrogens (tertiary/aromatic N) is 3. The van der Waals surface area contributed by atoms with Crippen LogP contribution in [-0.4, -0.2) is 49.4 Å². The summed E-state index contributed by atoms with van der Waals surface area (Å²) in [5, 5.41) is 0. The molecule has 0 aromatic carbocycles. The van der Waals surface area contributed by atoms with Crippen LogP contribution in [0.1, 0.15) is 67.7 Å². The van der Waals surface area contributed by atoms with Crippen LogP contribution in [-0.2, 0) is 17.4 Å². The maximum absolute atomic E-state index is 2.87. The van der Waals surface area contributed by atoms with Gasteiger partial charge in [-0.25, -0.2) is 0 Å². The number of hydrogen-bond donors (Lipinski definition) is 0. The third-order valence-corrected chi connectivity index (χ3v) is 14.7. The van der Waals surface area contributed by atoms with Gasteiger partial charge in [-0.2, -0.15) is 0 Å². The minimum absolute atomic E-state index is 1.16. The Bertz CT molecular complexity index is 387. The molecule has 0 saturated carbocycles. The molecule has 0 amide bonds. The fourth-order valence-electron chi connectivity index (χ4n) is 4.57. The molecule has 0 heterocycles. The van der Waals surface area contributed by atoms with Crippen molar-refractivity contribution in [1.82, 2.24) is 10.1 Å². The van der Waals surface area contributed by atoms with Crippen LogP contribution in [0.15, 0.2) is 21.6 Å². The Morgan fingerprint density at radius 2 is 1.17 bits per heavy atom. The number of allylic oxidation sites excluding steroid dienone is 4. The summed E-state index contributed by atoms with van der Waals surface area (Å²) in [6.45, 7) is 23.4. The molecule has 0 aliphatic heterocycles. The molecule has 1 aliphatic rings. The molecule has 1 rings (SSSR count). The Hall–Kier alpha value is 0.0743. The van der Waals surface area contributed by atoms with Crippen LogP contribution in [0, 0.1) is 0 Å². The summed E-state index contributed by atoms with van der Waals surface area (Å²) in [7, 11) is 0. The van der Waals surface area contributed by atoms with E-state index in [-0.39, 0.29) is 0 Å². The van der Waals surface area contributed by atoms with Gasteiger partial charge in [0, 0.05) is 0 Å². The predicted octanol–water partition coefficient (Wildman–Crippen LogP) is 4.92. The van der Waals surface area contributed by atoms with Crippen LogP contribution in [0.25, 0.3) is 0 Å². The SMILES string of the molecule is CCCC1=[C]([Ti]([N](CC)CC)([N](CC)CC)[N](CC)CC)CC=C1. The van der Waals surface area contributed by atoms with Gasteiger partial charge >= 0.3 is 156 Å². The second-order valence-electron chi connectivity index (χ2n) is 6.51. The van der Waals surface area contributed by atoms with Gasteiger partial charge in [-0.3, -0.25) is 0 Å². The topological polar surface area (TPSA) is 9.72 Å². The molecule has 4 heteroatoms. The summed E-state index contributed by atoms with van der Waals surface area (Å²) in [5.41, 5.74) is 1.66. The molecule has 24 heavy (non-hydrogen) atoms. The molecule has 0 aromatic heterocycles. The summed E-state index contributed by atoms with van der Waals surface area (Å²) < 4.78 is 10.4. The third-order valence-electron chi connectivity index (χ3n) is 5.57. The quantitative estimate of drug-likeness (QED) is 0.451. The van der Waals surface area contributed by atoms with Crippen molar-refractivity contribution in [2.75, 3.05) is 39.3 Å². The van der Waals surface area contributed by atoms with Crippen molar-refractivity contribution in [2.24, 2.45) is 0 Å². The van der Waals surface area contributed by atoms with E-state index < -0.39 is 17.4 Å². The molecule has 140 valence electrons. The second-order valence-corrected chi connectivity index (χ2v) is 12.4. The van der Waals surface area contributed by atoms with Gasteiger partial charge in [0.05, 0.1) is 0 Å². The van der Waals surface area contributed by atoms with E-state index in [1.54, 1.807) is 5.57 Å². The van der Waals surface area contributed by atoms with Gasteiger partial charge in [-0.05, 0) is 0 Å². The number of rotatable bonds is 12. The van der Waals surface area contributed by atoms with E-state index in [2.05, 4.69) is 70.8 Å². The van der Waals surface area contributed by atoms with Crippen LogP contribution in [0.5, 0.6) is 0 Å². The van der Waals surface area contributed by atoms with Crippen molar-refractivity contribution in [3.8, 4) is 0 Å². The van der Waals surface area contributed by atoms with Gasteiger partial charge in [0.15, 0.2) is 0 Å². The summed E-state index contributed by atoms with van der Waals surface area (Å²) in [6, 6.07) is 0. The molecule has 0 aromatic rings. The van der Waals surface area contributed by atoms with Crippen LogP contribution in [0.2, 0.25) is 0 Å². The molecular formula is C20H41N3Ti. The predicted molar refractivity (Wildman–Crippen MR) is 104 cm³/mol. The van der Waals surface area contributed by atoms with E-state index in [0.717, 1.165) is 39.3 Å². The van der Waals surface area contributed by atoms with Crippen LogP contribution >= 0.6 is 0 Å².